The first-order valence-corrected chi connectivity index (χ1v) is 6.78. The highest BCUT2D eigenvalue weighted by atomic mass is 32.2. The van der Waals surface area contributed by atoms with Crippen LogP contribution in [0.5, 0.6) is 0 Å². The lowest BCUT2D eigenvalue weighted by molar-refractivity contribution is -0.115. The second-order valence-electron chi connectivity index (χ2n) is 4.21. The lowest BCUT2D eigenvalue weighted by Crippen LogP contribution is -2.44. The predicted octanol–water partition coefficient (Wildman–Crippen LogP) is 0.357. The number of carbonyl (C=O) groups is 1. The number of aryl methyl sites for hydroxylation is 2. The van der Waals surface area contributed by atoms with Crippen molar-refractivity contribution in [3.63, 3.8) is 0 Å². The number of carbonyl (C=O) groups excluding carboxylic acids is 1. The van der Waals surface area contributed by atoms with Crippen LogP contribution in [0.1, 0.15) is 11.1 Å². The van der Waals surface area contributed by atoms with Gasteiger partial charge in [0.2, 0.25) is 5.91 Å². The molecule has 0 bridgehead atoms. The van der Waals surface area contributed by atoms with Crippen LogP contribution in [-0.4, -0.2) is 26.1 Å². The fourth-order valence-electron chi connectivity index (χ4n) is 2.04. The monoisotopic (exact) mass is 254 g/mol. The summed E-state index contributed by atoms with van der Waals surface area (Å²) in [7, 11) is -3.66. The molecule has 1 unspecified atom stereocenters. The van der Waals surface area contributed by atoms with Crippen LogP contribution in [0.3, 0.4) is 0 Å². The van der Waals surface area contributed by atoms with Crippen LogP contribution in [0.4, 0.5) is 5.69 Å². The number of sulfone groups is 1. The SMILES string of the molecule is Cc1cc(C)c2c(c1)S(=O)(=O)C(CN)C(=O)N2. The summed E-state index contributed by atoms with van der Waals surface area (Å²) in [4.78, 5) is 11.8. The quantitative estimate of drug-likeness (QED) is 0.757. The highest BCUT2D eigenvalue weighted by molar-refractivity contribution is 7.93. The van der Waals surface area contributed by atoms with E-state index in [1.165, 1.54) is 0 Å². The van der Waals surface area contributed by atoms with Gasteiger partial charge in [-0.3, -0.25) is 4.79 Å². The third-order valence-corrected chi connectivity index (χ3v) is 4.97. The van der Waals surface area contributed by atoms with Crippen LogP contribution in [-0.2, 0) is 14.6 Å². The lowest BCUT2D eigenvalue weighted by atomic mass is 10.1. The van der Waals surface area contributed by atoms with Crippen molar-refractivity contribution in [1.29, 1.82) is 0 Å². The van der Waals surface area contributed by atoms with Gasteiger partial charge in [-0.1, -0.05) is 6.07 Å². The summed E-state index contributed by atoms with van der Waals surface area (Å²) < 4.78 is 24.4. The average molecular weight is 254 g/mol. The lowest BCUT2D eigenvalue weighted by Gasteiger charge is -2.25. The Morgan fingerprint density at radius 2 is 2.00 bits per heavy atom. The Bertz CT molecular complexity index is 593. The van der Waals surface area contributed by atoms with Gasteiger partial charge in [0.1, 0.15) is 0 Å². The normalized spacial score (nSPS) is 21.8. The minimum atomic E-state index is -3.66. The van der Waals surface area contributed by atoms with E-state index < -0.39 is 21.0 Å². The third-order valence-electron chi connectivity index (χ3n) is 2.88. The summed E-state index contributed by atoms with van der Waals surface area (Å²) >= 11 is 0. The van der Waals surface area contributed by atoms with Gasteiger partial charge in [0, 0.05) is 6.54 Å². The summed E-state index contributed by atoms with van der Waals surface area (Å²) in [5.74, 6) is -0.549. The molecular weight excluding hydrogens is 240 g/mol. The van der Waals surface area contributed by atoms with Crippen molar-refractivity contribution >= 4 is 21.4 Å². The van der Waals surface area contributed by atoms with Gasteiger partial charge in [-0.05, 0) is 31.0 Å². The van der Waals surface area contributed by atoms with Gasteiger partial charge in [0.25, 0.3) is 0 Å². The van der Waals surface area contributed by atoms with Gasteiger partial charge in [-0.2, -0.15) is 0 Å². The number of amides is 1. The smallest absolute Gasteiger partial charge is 0.244 e. The molecule has 17 heavy (non-hydrogen) atoms. The van der Waals surface area contributed by atoms with Crippen molar-refractivity contribution in [3.8, 4) is 0 Å². The molecule has 0 fully saturated rings. The number of hydrogen-bond acceptors (Lipinski definition) is 4. The number of nitrogens with one attached hydrogen (secondary N) is 1. The van der Waals surface area contributed by atoms with Crippen LogP contribution in [0.2, 0.25) is 0 Å². The molecule has 0 saturated carbocycles. The molecule has 5 nitrogen and oxygen atoms in total. The van der Waals surface area contributed by atoms with Crippen LogP contribution >= 0.6 is 0 Å². The molecule has 6 heteroatoms. The molecule has 0 aromatic heterocycles. The summed E-state index contributed by atoms with van der Waals surface area (Å²) in [5.41, 5.74) is 7.33. The van der Waals surface area contributed by atoms with E-state index in [0.29, 0.717) is 5.69 Å². The predicted molar refractivity (Wildman–Crippen MR) is 64.6 cm³/mol. The summed E-state index contributed by atoms with van der Waals surface area (Å²) in [6.07, 6.45) is 0. The molecule has 1 amide bonds. The van der Waals surface area contributed by atoms with E-state index in [2.05, 4.69) is 5.32 Å². The summed E-state index contributed by atoms with van der Waals surface area (Å²) in [6.45, 7) is 3.38. The third kappa shape index (κ3) is 1.73. The number of anilines is 1. The molecule has 1 aromatic rings. The van der Waals surface area contributed by atoms with E-state index in [-0.39, 0.29) is 11.4 Å². The van der Waals surface area contributed by atoms with Gasteiger partial charge in [-0.25, -0.2) is 8.42 Å². The van der Waals surface area contributed by atoms with E-state index in [0.717, 1.165) is 11.1 Å². The maximum atomic E-state index is 12.2. The molecule has 0 aliphatic carbocycles. The molecule has 0 saturated heterocycles. The first kappa shape index (κ1) is 12.1. The zero-order valence-electron chi connectivity index (χ0n) is 9.65. The van der Waals surface area contributed by atoms with E-state index in [1.807, 2.05) is 13.0 Å². The van der Waals surface area contributed by atoms with E-state index in [9.17, 15) is 13.2 Å². The zero-order valence-corrected chi connectivity index (χ0v) is 10.5. The Morgan fingerprint density at radius 1 is 1.35 bits per heavy atom. The highest BCUT2D eigenvalue weighted by Crippen LogP contribution is 2.33. The Morgan fingerprint density at radius 3 is 2.59 bits per heavy atom. The van der Waals surface area contributed by atoms with Crippen LogP contribution < -0.4 is 11.1 Å². The molecule has 0 radical (unpaired) electrons. The Labute approximate surface area is 99.9 Å². The molecule has 1 aromatic carbocycles. The molecule has 0 spiro atoms. The molecule has 1 aliphatic rings. The first-order valence-electron chi connectivity index (χ1n) is 5.24. The van der Waals surface area contributed by atoms with Crippen molar-refractivity contribution in [1.82, 2.24) is 0 Å². The highest BCUT2D eigenvalue weighted by Gasteiger charge is 2.39. The van der Waals surface area contributed by atoms with Gasteiger partial charge >= 0.3 is 0 Å². The van der Waals surface area contributed by atoms with Crippen LogP contribution in [0.25, 0.3) is 0 Å². The maximum Gasteiger partial charge on any atom is 0.244 e. The van der Waals surface area contributed by atoms with Gasteiger partial charge < -0.3 is 11.1 Å². The van der Waals surface area contributed by atoms with Crippen molar-refractivity contribution < 1.29 is 13.2 Å². The minimum Gasteiger partial charge on any atom is -0.329 e. The molecule has 1 heterocycles. The average Bonchev–Trinajstić information content (AvgIpc) is 2.20. The van der Waals surface area contributed by atoms with Crippen molar-refractivity contribution in [2.45, 2.75) is 24.0 Å². The van der Waals surface area contributed by atoms with Gasteiger partial charge in [0.15, 0.2) is 15.1 Å². The number of nitrogens with two attached hydrogens (primary N) is 1. The molecule has 1 atom stereocenters. The number of rotatable bonds is 1. The topological polar surface area (TPSA) is 89.3 Å². The van der Waals surface area contributed by atoms with E-state index in [1.54, 1.807) is 13.0 Å². The molecular formula is C11H14N2O3S. The Kier molecular flexibility index (Phi) is 2.71. The van der Waals surface area contributed by atoms with Crippen molar-refractivity contribution in [2.24, 2.45) is 5.73 Å². The number of benzene rings is 1. The maximum absolute atomic E-state index is 12.2. The minimum absolute atomic E-state index is 0.171. The molecule has 1 aliphatic heterocycles. The van der Waals surface area contributed by atoms with Crippen molar-refractivity contribution in [2.75, 3.05) is 11.9 Å². The standard InChI is InChI=1S/C11H14N2O3S/c1-6-3-7(2)10-8(4-6)17(15,16)9(5-12)11(14)13-10/h3-4,9H,5,12H2,1-2H3,(H,13,14). The zero-order chi connectivity index (χ0) is 12.8. The second-order valence-corrected chi connectivity index (χ2v) is 6.31. The van der Waals surface area contributed by atoms with Gasteiger partial charge in [0.05, 0.1) is 10.6 Å². The molecule has 2 rings (SSSR count). The van der Waals surface area contributed by atoms with Crippen LogP contribution in [0, 0.1) is 13.8 Å². The number of fused-ring (bicyclic) bond motifs is 1. The van der Waals surface area contributed by atoms with Crippen molar-refractivity contribution in [3.05, 3.63) is 23.3 Å². The number of hydrogen-bond donors (Lipinski definition) is 2. The fourth-order valence-corrected chi connectivity index (χ4v) is 3.79. The Hall–Kier alpha value is -1.40. The van der Waals surface area contributed by atoms with E-state index >= 15 is 0 Å². The first-order chi connectivity index (χ1) is 7.87. The fraction of sp³-hybridized carbons (Fsp3) is 0.364. The van der Waals surface area contributed by atoms with E-state index in [4.69, 9.17) is 5.73 Å². The largest absolute Gasteiger partial charge is 0.329 e. The molecule has 92 valence electrons. The van der Waals surface area contributed by atoms with Gasteiger partial charge in [-0.15, -0.1) is 0 Å². The second kappa shape index (κ2) is 3.82. The molecule has 3 N–H and O–H groups in total. The van der Waals surface area contributed by atoms with Crippen LogP contribution in [0.15, 0.2) is 17.0 Å². The summed E-state index contributed by atoms with van der Waals surface area (Å²) in [6, 6.07) is 3.40. The Balaban J connectivity index is 2.76. The summed E-state index contributed by atoms with van der Waals surface area (Å²) in [5, 5.41) is 1.43.